The normalized spacial score (nSPS) is 11.4. The van der Waals surface area contributed by atoms with Gasteiger partial charge in [0, 0.05) is 20.8 Å². The fourth-order valence-corrected chi connectivity index (χ4v) is 3.19. The van der Waals surface area contributed by atoms with Crippen molar-refractivity contribution in [3.63, 3.8) is 0 Å². The van der Waals surface area contributed by atoms with Crippen LogP contribution in [0, 0.1) is 0 Å². The molecule has 0 aliphatic heterocycles. The monoisotopic (exact) mass is 411 g/mol. The van der Waals surface area contributed by atoms with Gasteiger partial charge in [-0.1, -0.05) is 57.6 Å². The highest BCUT2D eigenvalue weighted by Crippen LogP contribution is 2.18. The van der Waals surface area contributed by atoms with Crippen molar-refractivity contribution in [2.45, 2.75) is 104 Å². The molecule has 1 amide bonds. The highest BCUT2D eigenvalue weighted by molar-refractivity contribution is 5.74. The fraction of sp³-hybridized carbons (Fsp3) is 0.783. The fourth-order valence-electron chi connectivity index (χ4n) is 3.19. The van der Waals surface area contributed by atoms with Crippen molar-refractivity contribution in [3.05, 3.63) is 12.2 Å². The van der Waals surface area contributed by atoms with Crippen molar-refractivity contribution in [1.29, 1.82) is 0 Å². The van der Waals surface area contributed by atoms with Crippen LogP contribution in [0.1, 0.15) is 98.3 Å². The lowest BCUT2D eigenvalue weighted by Crippen LogP contribution is -2.55. The molecule has 0 aromatic carbocycles. The Hall–Kier alpha value is -1.85. The summed E-state index contributed by atoms with van der Waals surface area (Å²) in [5.74, 6) is -1.12. The van der Waals surface area contributed by atoms with E-state index in [-0.39, 0.29) is 19.1 Å². The first kappa shape index (κ1) is 27.1. The summed E-state index contributed by atoms with van der Waals surface area (Å²) in [5, 5.41) is 2.83. The molecule has 0 unspecified atom stereocenters. The Morgan fingerprint density at radius 2 is 1.24 bits per heavy atom. The predicted octanol–water partition coefficient (Wildman–Crippen LogP) is 4.85. The Bertz CT molecular complexity index is 483. The SMILES string of the molecule is CCCCCCCCCC=CCCCC(COC(C)=O)(COC(C)=O)NC(C)=O. The van der Waals surface area contributed by atoms with Gasteiger partial charge in [0.15, 0.2) is 0 Å². The van der Waals surface area contributed by atoms with Crippen molar-refractivity contribution < 1.29 is 23.9 Å². The number of ether oxygens (including phenoxy) is 2. The van der Waals surface area contributed by atoms with Gasteiger partial charge in [-0.2, -0.15) is 0 Å². The summed E-state index contributed by atoms with van der Waals surface area (Å²) >= 11 is 0. The van der Waals surface area contributed by atoms with Gasteiger partial charge in [0.1, 0.15) is 18.8 Å². The number of allylic oxidation sites excluding steroid dienone is 2. The molecule has 0 saturated heterocycles. The van der Waals surface area contributed by atoms with E-state index < -0.39 is 17.5 Å². The molecule has 168 valence electrons. The number of rotatable bonds is 17. The molecular formula is C23H41NO5. The average Bonchev–Trinajstić information content (AvgIpc) is 2.65. The van der Waals surface area contributed by atoms with Gasteiger partial charge in [0.2, 0.25) is 5.91 Å². The van der Waals surface area contributed by atoms with Crippen molar-refractivity contribution in [2.24, 2.45) is 0 Å². The van der Waals surface area contributed by atoms with Gasteiger partial charge < -0.3 is 14.8 Å². The van der Waals surface area contributed by atoms with Gasteiger partial charge in [-0.25, -0.2) is 0 Å². The van der Waals surface area contributed by atoms with Crippen LogP contribution >= 0.6 is 0 Å². The minimum absolute atomic E-state index is 0.0169. The summed E-state index contributed by atoms with van der Waals surface area (Å²) in [7, 11) is 0. The summed E-state index contributed by atoms with van der Waals surface area (Å²) in [6, 6.07) is 0. The minimum atomic E-state index is -0.893. The van der Waals surface area contributed by atoms with Crippen molar-refractivity contribution in [1.82, 2.24) is 5.32 Å². The maximum atomic E-state index is 11.7. The molecule has 0 aliphatic carbocycles. The number of carbonyl (C=O) groups is 3. The quantitative estimate of drug-likeness (QED) is 0.210. The van der Waals surface area contributed by atoms with Gasteiger partial charge in [-0.3, -0.25) is 14.4 Å². The molecule has 0 saturated carbocycles. The number of esters is 2. The third kappa shape index (κ3) is 16.8. The van der Waals surface area contributed by atoms with Crippen LogP contribution in [0.4, 0.5) is 0 Å². The Morgan fingerprint density at radius 3 is 1.72 bits per heavy atom. The number of amides is 1. The van der Waals surface area contributed by atoms with E-state index in [1.807, 2.05) is 0 Å². The zero-order chi connectivity index (χ0) is 22.0. The third-order valence-electron chi connectivity index (χ3n) is 4.71. The highest BCUT2D eigenvalue weighted by Gasteiger charge is 2.33. The largest absolute Gasteiger partial charge is 0.463 e. The van der Waals surface area contributed by atoms with Gasteiger partial charge in [-0.05, 0) is 32.1 Å². The van der Waals surface area contributed by atoms with E-state index in [4.69, 9.17) is 9.47 Å². The second kappa shape index (κ2) is 17.0. The van der Waals surface area contributed by atoms with Crippen molar-refractivity contribution >= 4 is 17.8 Å². The van der Waals surface area contributed by atoms with Gasteiger partial charge in [0.25, 0.3) is 0 Å². The molecule has 0 radical (unpaired) electrons. The second-order valence-corrected chi connectivity index (χ2v) is 7.80. The average molecular weight is 412 g/mol. The molecule has 6 nitrogen and oxygen atoms in total. The number of nitrogens with one attached hydrogen (secondary N) is 1. The van der Waals surface area contributed by atoms with E-state index in [9.17, 15) is 14.4 Å². The maximum absolute atomic E-state index is 11.7. The maximum Gasteiger partial charge on any atom is 0.302 e. The summed E-state index contributed by atoms with van der Waals surface area (Å²) < 4.78 is 10.3. The van der Waals surface area contributed by atoms with Crippen LogP contribution in [-0.4, -0.2) is 36.6 Å². The highest BCUT2D eigenvalue weighted by atomic mass is 16.5. The first-order valence-corrected chi connectivity index (χ1v) is 11.0. The molecular weight excluding hydrogens is 370 g/mol. The van der Waals surface area contributed by atoms with Gasteiger partial charge >= 0.3 is 11.9 Å². The molecule has 29 heavy (non-hydrogen) atoms. The first-order chi connectivity index (χ1) is 13.8. The molecule has 0 aromatic heterocycles. The van der Waals surface area contributed by atoms with Crippen LogP contribution in [0.3, 0.4) is 0 Å². The predicted molar refractivity (Wildman–Crippen MR) is 115 cm³/mol. The third-order valence-corrected chi connectivity index (χ3v) is 4.71. The van der Waals surface area contributed by atoms with Crippen LogP contribution in [0.2, 0.25) is 0 Å². The van der Waals surface area contributed by atoms with Crippen LogP contribution in [0.5, 0.6) is 0 Å². The molecule has 0 fully saturated rings. The molecule has 6 heteroatoms. The zero-order valence-corrected chi connectivity index (χ0v) is 18.9. The van der Waals surface area contributed by atoms with E-state index in [0.717, 1.165) is 19.3 Å². The second-order valence-electron chi connectivity index (χ2n) is 7.80. The number of hydrogen-bond donors (Lipinski definition) is 1. The summed E-state index contributed by atoms with van der Waals surface area (Å²) in [4.78, 5) is 34.1. The van der Waals surface area contributed by atoms with Gasteiger partial charge in [0.05, 0.1) is 0 Å². The lowest BCUT2D eigenvalue weighted by Gasteiger charge is -2.33. The summed E-state index contributed by atoms with van der Waals surface area (Å²) in [6.45, 7) is 6.23. The van der Waals surface area contributed by atoms with E-state index in [1.165, 1.54) is 65.7 Å². The summed E-state index contributed by atoms with van der Waals surface area (Å²) in [5.41, 5.74) is -0.893. The summed E-state index contributed by atoms with van der Waals surface area (Å²) in [6.07, 6.45) is 16.8. The Balaban J connectivity index is 4.36. The number of hydrogen-bond acceptors (Lipinski definition) is 5. The van der Waals surface area contributed by atoms with E-state index in [1.54, 1.807) is 0 Å². The topological polar surface area (TPSA) is 81.7 Å². The Morgan fingerprint density at radius 1 is 0.759 bits per heavy atom. The molecule has 0 spiro atoms. The van der Waals surface area contributed by atoms with Crippen molar-refractivity contribution in [3.8, 4) is 0 Å². The first-order valence-electron chi connectivity index (χ1n) is 11.0. The minimum Gasteiger partial charge on any atom is -0.463 e. The molecule has 0 atom stereocenters. The van der Waals surface area contributed by atoms with Crippen LogP contribution < -0.4 is 5.32 Å². The van der Waals surface area contributed by atoms with E-state index in [0.29, 0.717) is 6.42 Å². The van der Waals surface area contributed by atoms with Crippen LogP contribution in [0.15, 0.2) is 12.2 Å². The van der Waals surface area contributed by atoms with E-state index in [2.05, 4.69) is 24.4 Å². The lowest BCUT2D eigenvalue weighted by molar-refractivity contribution is -0.150. The van der Waals surface area contributed by atoms with E-state index >= 15 is 0 Å². The van der Waals surface area contributed by atoms with Gasteiger partial charge in [-0.15, -0.1) is 0 Å². The molecule has 0 rings (SSSR count). The Kier molecular flexibility index (Phi) is 16.0. The number of carbonyl (C=O) groups excluding carboxylic acids is 3. The molecule has 0 bridgehead atoms. The molecule has 0 aromatic rings. The standard InChI is InChI=1S/C23H41NO5/c1-5-6-7-8-9-10-11-12-13-14-15-16-17-23(24-20(2)25,18-28-21(3)26)19-29-22(4)27/h13-14H,5-12,15-19H2,1-4H3,(H,24,25). The lowest BCUT2D eigenvalue weighted by atomic mass is 9.93. The number of unbranched alkanes of at least 4 members (excludes halogenated alkanes) is 8. The molecule has 1 N–H and O–H groups in total. The van der Waals surface area contributed by atoms with Crippen LogP contribution in [-0.2, 0) is 23.9 Å². The molecule has 0 aliphatic rings. The van der Waals surface area contributed by atoms with Crippen LogP contribution in [0.25, 0.3) is 0 Å². The van der Waals surface area contributed by atoms with Crippen molar-refractivity contribution in [2.75, 3.05) is 13.2 Å². The smallest absolute Gasteiger partial charge is 0.302 e. The Labute approximate surface area is 176 Å². The molecule has 0 heterocycles. The zero-order valence-electron chi connectivity index (χ0n) is 18.9.